The van der Waals surface area contributed by atoms with Crippen LogP contribution in [0.1, 0.15) is 22.0 Å². The van der Waals surface area contributed by atoms with Gasteiger partial charge < -0.3 is 19.7 Å². The molecule has 1 N–H and O–H groups in total. The Morgan fingerprint density at radius 2 is 1.92 bits per heavy atom. The maximum Gasteiger partial charge on any atom is 0.254 e. The summed E-state index contributed by atoms with van der Waals surface area (Å²) in [5, 5.41) is 3.31. The lowest BCUT2D eigenvalue weighted by atomic mass is 10.0. The first-order chi connectivity index (χ1) is 12.2. The van der Waals surface area contributed by atoms with Gasteiger partial charge in [0.25, 0.3) is 5.91 Å². The molecule has 2 aromatic rings. The van der Waals surface area contributed by atoms with Crippen molar-refractivity contribution in [3.8, 4) is 11.5 Å². The Kier molecular flexibility index (Phi) is 5.19. The van der Waals surface area contributed by atoms with Crippen LogP contribution in [0, 0.1) is 5.82 Å². The maximum atomic E-state index is 14.0. The average Bonchev–Trinajstić information content (AvgIpc) is 2.67. The van der Waals surface area contributed by atoms with Crippen LogP contribution in [0.4, 0.5) is 4.39 Å². The lowest BCUT2D eigenvalue weighted by molar-refractivity contribution is 0.0631. The van der Waals surface area contributed by atoms with E-state index >= 15 is 0 Å². The van der Waals surface area contributed by atoms with Crippen LogP contribution in [0.2, 0.25) is 0 Å². The largest absolute Gasteiger partial charge is 0.496 e. The molecule has 2 aromatic carbocycles. The van der Waals surface area contributed by atoms with E-state index < -0.39 is 5.82 Å². The third kappa shape index (κ3) is 3.44. The van der Waals surface area contributed by atoms with E-state index in [1.54, 1.807) is 18.1 Å². The summed E-state index contributed by atoms with van der Waals surface area (Å²) in [6.07, 6.45) is 0. The number of ether oxygens (including phenoxy) is 2. The molecule has 0 aliphatic carbocycles. The molecule has 1 aliphatic heterocycles. The molecule has 1 fully saturated rings. The first-order valence-corrected chi connectivity index (χ1v) is 8.14. The van der Waals surface area contributed by atoms with Gasteiger partial charge in [-0.25, -0.2) is 4.39 Å². The van der Waals surface area contributed by atoms with Gasteiger partial charge in [0.1, 0.15) is 5.75 Å². The molecule has 5 nitrogen and oxygen atoms in total. The lowest BCUT2D eigenvalue weighted by Gasteiger charge is -2.37. The van der Waals surface area contributed by atoms with Crippen molar-refractivity contribution < 1.29 is 18.7 Å². The van der Waals surface area contributed by atoms with Crippen molar-refractivity contribution in [1.82, 2.24) is 10.2 Å². The average molecular weight is 344 g/mol. The minimum absolute atomic E-state index is 0.123. The minimum Gasteiger partial charge on any atom is -0.496 e. The number of nitrogens with zero attached hydrogens (tertiary/aromatic N) is 1. The molecule has 6 heteroatoms. The fourth-order valence-electron chi connectivity index (χ4n) is 3.13. The highest BCUT2D eigenvalue weighted by Gasteiger charge is 2.30. The van der Waals surface area contributed by atoms with Gasteiger partial charge in [-0.2, -0.15) is 0 Å². The van der Waals surface area contributed by atoms with Gasteiger partial charge in [-0.05, 0) is 24.3 Å². The second kappa shape index (κ2) is 7.53. The zero-order valence-corrected chi connectivity index (χ0v) is 14.3. The summed E-state index contributed by atoms with van der Waals surface area (Å²) in [5.74, 6) is 0.101. The summed E-state index contributed by atoms with van der Waals surface area (Å²) in [5.41, 5.74) is 1.24. The van der Waals surface area contributed by atoms with E-state index in [2.05, 4.69) is 5.32 Å². The van der Waals surface area contributed by atoms with Crippen LogP contribution in [0.25, 0.3) is 0 Å². The number of para-hydroxylation sites is 1. The molecule has 25 heavy (non-hydrogen) atoms. The van der Waals surface area contributed by atoms with Gasteiger partial charge in [-0.3, -0.25) is 4.79 Å². The molecule has 0 bridgehead atoms. The third-order valence-corrected chi connectivity index (χ3v) is 4.40. The van der Waals surface area contributed by atoms with Crippen molar-refractivity contribution in [2.45, 2.75) is 6.04 Å². The molecule has 1 unspecified atom stereocenters. The number of halogens is 1. The van der Waals surface area contributed by atoms with E-state index in [-0.39, 0.29) is 17.7 Å². The second-order valence-corrected chi connectivity index (χ2v) is 5.81. The highest BCUT2D eigenvalue weighted by Crippen LogP contribution is 2.31. The Balaban J connectivity index is 1.93. The van der Waals surface area contributed by atoms with Crippen molar-refractivity contribution in [2.75, 3.05) is 33.9 Å². The van der Waals surface area contributed by atoms with Crippen molar-refractivity contribution in [2.24, 2.45) is 0 Å². The van der Waals surface area contributed by atoms with Crippen molar-refractivity contribution in [3.05, 3.63) is 59.4 Å². The standard InChI is InChI=1S/C19H21FN2O3/c1-24-17-6-4-3-5-14(17)16-12-21-9-10-22(16)19(23)13-7-8-18(25-2)15(20)11-13/h3-8,11,16,21H,9-10,12H2,1-2H3. The van der Waals surface area contributed by atoms with Crippen molar-refractivity contribution >= 4 is 5.91 Å². The van der Waals surface area contributed by atoms with Gasteiger partial charge in [-0.15, -0.1) is 0 Å². The summed E-state index contributed by atoms with van der Waals surface area (Å²) >= 11 is 0. The van der Waals surface area contributed by atoms with Gasteiger partial charge in [0.2, 0.25) is 0 Å². The van der Waals surface area contributed by atoms with E-state index in [0.717, 1.165) is 11.3 Å². The molecular formula is C19H21FN2O3. The molecule has 0 spiro atoms. The first-order valence-electron chi connectivity index (χ1n) is 8.14. The van der Waals surface area contributed by atoms with Gasteiger partial charge >= 0.3 is 0 Å². The number of nitrogens with one attached hydrogen (secondary N) is 1. The molecule has 1 amide bonds. The predicted molar refractivity (Wildman–Crippen MR) is 92.6 cm³/mol. The van der Waals surface area contributed by atoms with Gasteiger partial charge in [0, 0.05) is 30.8 Å². The van der Waals surface area contributed by atoms with Gasteiger partial charge in [0.05, 0.1) is 20.3 Å². The fourth-order valence-corrected chi connectivity index (χ4v) is 3.13. The molecule has 1 atom stereocenters. The van der Waals surface area contributed by atoms with E-state index in [1.807, 2.05) is 24.3 Å². The van der Waals surface area contributed by atoms with Crippen LogP contribution < -0.4 is 14.8 Å². The number of methoxy groups -OCH3 is 2. The van der Waals surface area contributed by atoms with E-state index in [9.17, 15) is 9.18 Å². The van der Waals surface area contributed by atoms with Crippen LogP contribution in [-0.4, -0.2) is 44.7 Å². The minimum atomic E-state index is -0.544. The van der Waals surface area contributed by atoms with Crippen LogP contribution in [0.5, 0.6) is 11.5 Å². The predicted octanol–water partition coefficient (Wildman–Crippen LogP) is 2.63. The molecular weight excluding hydrogens is 323 g/mol. The van der Waals surface area contributed by atoms with E-state index in [4.69, 9.17) is 9.47 Å². The number of piperazine rings is 1. The Bertz CT molecular complexity index is 766. The third-order valence-electron chi connectivity index (χ3n) is 4.40. The second-order valence-electron chi connectivity index (χ2n) is 5.81. The molecule has 1 saturated heterocycles. The number of benzene rings is 2. The Hall–Kier alpha value is -2.60. The monoisotopic (exact) mass is 344 g/mol. The van der Waals surface area contributed by atoms with Gasteiger partial charge in [-0.1, -0.05) is 18.2 Å². The molecule has 1 aliphatic rings. The number of carbonyl (C=O) groups excluding carboxylic acids is 1. The number of carbonyl (C=O) groups is 1. The lowest BCUT2D eigenvalue weighted by Crippen LogP contribution is -2.48. The summed E-state index contributed by atoms with van der Waals surface area (Å²) in [7, 11) is 3.01. The smallest absolute Gasteiger partial charge is 0.254 e. The normalized spacial score (nSPS) is 17.2. The Labute approximate surface area is 146 Å². The SMILES string of the molecule is COc1ccc(C(=O)N2CCNCC2c2ccccc2OC)cc1F. The quantitative estimate of drug-likeness (QED) is 0.926. The summed E-state index contributed by atoms with van der Waals surface area (Å²) < 4.78 is 24.3. The van der Waals surface area contributed by atoms with Crippen LogP contribution >= 0.6 is 0 Å². The molecule has 0 radical (unpaired) electrons. The van der Waals surface area contributed by atoms with Crippen LogP contribution in [0.15, 0.2) is 42.5 Å². The van der Waals surface area contributed by atoms with Crippen LogP contribution in [-0.2, 0) is 0 Å². The number of hydrogen-bond donors (Lipinski definition) is 1. The fraction of sp³-hybridized carbons (Fsp3) is 0.316. The Morgan fingerprint density at radius 1 is 1.16 bits per heavy atom. The van der Waals surface area contributed by atoms with E-state index in [0.29, 0.717) is 25.2 Å². The molecule has 0 aromatic heterocycles. The maximum absolute atomic E-state index is 14.0. The number of rotatable bonds is 4. The number of amides is 1. The Morgan fingerprint density at radius 3 is 2.64 bits per heavy atom. The first kappa shape index (κ1) is 17.2. The van der Waals surface area contributed by atoms with E-state index in [1.165, 1.54) is 19.2 Å². The van der Waals surface area contributed by atoms with Gasteiger partial charge in [0.15, 0.2) is 11.6 Å². The highest BCUT2D eigenvalue weighted by molar-refractivity contribution is 5.94. The zero-order chi connectivity index (χ0) is 17.8. The molecule has 3 rings (SSSR count). The zero-order valence-electron chi connectivity index (χ0n) is 14.3. The van der Waals surface area contributed by atoms with Crippen LogP contribution in [0.3, 0.4) is 0 Å². The van der Waals surface area contributed by atoms with Crippen molar-refractivity contribution in [1.29, 1.82) is 0 Å². The molecule has 132 valence electrons. The highest BCUT2D eigenvalue weighted by atomic mass is 19.1. The topological polar surface area (TPSA) is 50.8 Å². The molecule has 1 heterocycles. The number of hydrogen-bond acceptors (Lipinski definition) is 4. The summed E-state index contributed by atoms with van der Waals surface area (Å²) in [4.78, 5) is 14.7. The molecule has 0 saturated carbocycles. The summed E-state index contributed by atoms with van der Waals surface area (Å²) in [6.45, 7) is 1.84. The summed E-state index contributed by atoms with van der Waals surface area (Å²) in [6, 6.07) is 11.7. The van der Waals surface area contributed by atoms with Crippen molar-refractivity contribution in [3.63, 3.8) is 0 Å².